The Morgan fingerprint density at radius 2 is 2.14 bits per heavy atom. The number of para-hydroxylation sites is 1. The number of alkyl halides is 1. The summed E-state index contributed by atoms with van der Waals surface area (Å²) in [7, 11) is 0. The van der Waals surface area contributed by atoms with E-state index in [4.69, 9.17) is 4.74 Å². The molecule has 8 nitrogen and oxygen atoms in total. The van der Waals surface area contributed by atoms with E-state index in [1.807, 2.05) is 0 Å². The molecule has 0 saturated heterocycles. The highest BCUT2D eigenvalue weighted by Crippen LogP contribution is 2.27. The molecule has 112 valence electrons. The number of allylic oxidation sites excluding steroid dienone is 1. The Bertz CT molecular complexity index is 600. The van der Waals surface area contributed by atoms with Gasteiger partial charge in [0.15, 0.2) is 5.69 Å². The minimum absolute atomic E-state index is 0.0307. The highest BCUT2D eigenvalue weighted by molar-refractivity contribution is 9.09. The molecule has 1 aromatic rings. The lowest BCUT2D eigenvalue weighted by Gasteiger charge is -2.03. The minimum atomic E-state index is -0.864. The van der Waals surface area contributed by atoms with Crippen LogP contribution in [0, 0.1) is 10.1 Å². The van der Waals surface area contributed by atoms with Gasteiger partial charge in [-0.2, -0.15) is 0 Å². The number of esters is 1. The van der Waals surface area contributed by atoms with Gasteiger partial charge in [0, 0.05) is 6.07 Å². The lowest BCUT2D eigenvalue weighted by atomic mass is 10.3. The van der Waals surface area contributed by atoms with Crippen molar-refractivity contribution in [2.45, 2.75) is 6.92 Å². The van der Waals surface area contributed by atoms with Gasteiger partial charge in [-0.3, -0.25) is 10.1 Å². The first kappa shape index (κ1) is 16.8. The number of nitro groups is 1. The zero-order valence-corrected chi connectivity index (χ0v) is 12.6. The van der Waals surface area contributed by atoms with E-state index in [-0.39, 0.29) is 29.1 Å². The number of hydrogen-bond acceptors (Lipinski definition) is 7. The van der Waals surface area contributed by atoms with Gasteiger partial charge in [-0.05, 0) is 13.0 Å². The molecular formula is C12H12BrN3O5. The van der Waals surface area contributed by atoms with E-state index < -0.39 is 16.6 Å². The number of halogens is 1. The van der Waals surface area contributed by atoms with Crippen LogP contribution in [0.1, 0.15) is 6.92 Å². The zero-order chi connectivity index (χ0) is 15.8. The number of aliphatic hydroxyl groups excluding tert-OH is 1. The molecule has 1 N–H and O–H groups in total. The van der Waals surface area contributed by atoms with Gasteiger partial charge < -0.3 is 9.84 Å². The van der Waals surface area contributed by atoms with Crippen LogP contribution in [0.2, 0.25) is 0 Å². The molecule has 21 heavy (non-hydrogen) atoms. The van der Waals surface area contributed by atoms with E-state index >= 15 is 0 Å². The summed E-state index contributed by atoms with van der Waals surface area (Å²) in [5.74, 6) is -1.24. The SMILES string of the molecule is CCOC(=O)/C(N=Nc1ccccc1[N+](=O)[O-])=C(\O)CBr. The second-order valence-corrected chi connectivity index (χ2v) is 4.16. The molecule has 0 saturated carbocycles. The summed E-state index contributed by atoms with van der Waals surface area (Å²) in [5.41, 5.74) is -0.707. The molecule has 0 fully saturated rings. The van der Waals surface area contributed by atoms with Crippen molar-refractivity contribution in [1.82, 2.24) is 0 Å². The lowest BCUT2D eigenvalue weighted by molar-refractivity contribution is -0.384. The maximum Gasteiger partial charge on any atom is 0.362 e. The molecule has 0 radical (unpaired) electrons. The fraction of sp³-hybridized carbons (Fsp3) is 0.250. The highest BCUT2D eigenvalue weighted by Gasteiger charge is 2.17. The molecule has 0 bridgehead atoms. The number of hydrogen-bond donors (Lipinski definition) is 1. The first-order chi connectivity index (χ1) is 10.0. The molecule has 0 aliphatic heterocycles. The van der Waals surface area contributed by atoms with Crippen molar-refractivity contribution in [1.29, 1.82) is 0 Å². The van der Waals surface area contributed by atoms with Crippen molar-refractivity contribution in [3.8, 4) is 0 Å². The van der Waals surface area contributed by atoms with Gasteiger partial charge in [-0.15, -0.1) is 10.2 Å². The van der Waals surface area contributed by atoms with Crippen LogP contribution in [0.25, 0.3) is 0 Å². The van der Waals surface area contributed by atoms with Crippen LogP contribution in [0.15, 0.2) is 46.0 Å². The molecular weight excluding hydrogens is 346 g/mol. The summed E-state index contributed by atoms with van der Waals surface area (Å²) in [6.45, 7) is 1.69. The second kappa shape index (κ2) is 8.10. The quantitative estimate of drug-likeness (QED) is 0.159. The summed E-state index contributed by atoms with van der Waals surface area (Å²) in [6.07, 6.45) is 0. The van der Waals surface area contributed by atoms with Crippen LogP contribution in [-0.4, -0.2) is 27.9 Å². The summed E-state index contributed by atoms with van der Waals surface area (Å²) >= 11 is 2.97. The van der Waals surface area contributed by atoms with E-state index in [9.17, 15) is 20.0 Å². The first-order valence-corrected chi connectivity index (χ1v) is 6.93. The number of carbonyl (C=O) groups excluding carboxylic acids is 1. The standard InChI is InChI=1S/C12H12BrN3O5/c1-2-21-12(18)11(10(17)7-13)15-14-8-5-3-4-6-9(8)16(19)20/h3-6,17H,2,7H2,1H3/b11-10+,15-14?. The van der Waals surface area contributed by atoms with Crippen LogP contribution >= 0.6 is 15.9 Å². The number of ether oxygens (including phenoxy) is 1. The molecule has 0 heterocycles. The van der Waals surface area contributed by atoms with Crippen molar-refractivity contribution in [2.75, 3.05) is 11.9 Å². The Balaban J connectivity index is 3.16. The second-order valence-electron chi connectivity index (χ2n) is 3.60. The van der Waals surface area contributed by atoms with Crippen LogP contribution in [0.4, 0.5) is 11.4 Å². The summed E-state index contributed by atoms with van der Waals surface area (Å²) in [6, 6.07) is 5.65. The monoisotopic (exact) mass is 357 g/mol. The average Bonchev–Trinajstić information content (AvgIpc) is 2.47. The molecule has 0 spiro atoms. The van der Waals surface area contributed by atoms with Crippen LogP contribution in [-0.2, 0) is 9.53 Å². The van der Waals surface area contributed by atoms with Gasteiger partial charge >= 0.3 is 5.97 Å². The molecule has 0 aromatic heterocycles. The molecule has 0 aliphatic rings. The van der Waals surface area contributed by atoms with Crippen LogP contribution < -0.4 is 0 Å². The average molecular weight is 358 g/mol. The lowest BCUT2D eigenvalue weighted by Crippen LogP contribution is -2.09. The van der Waals surface area contributed by atoms with Crippen molar-refractivity contribution in [2.24, 2.45) is 10.2 Å². The van der Waals surface area contributed by atoms with E-state index in [1.165, 1.54) is 18.2 Å². The fourth-order valence-electron chi connectivity index (χ4n) is 1.29. The normalized spacial score (nSPS) is 12.1. The van der Waals surface area contributed by atoms with E-state index in [0.717, 1.165) is 0 Å². The van der Waals surface area contributed by atoms with E-state index in [1.54, 1.807) is 13.0 Å². The molecule has 0 atom stereocenters. The van der Waals surface area contributed by atoms with Gasteiger partial charge in [0.2, 0.25) is 5.70 Å². The minimum Gasteiger partial charge on any atom is -0.509 e. The van der Waals surface area contributed by atoms with E-state index in [2.05, 4.69) is 26.2 Å². The maximum atomic E-state index is 11.6. The van der Waals surface area contributed by atoms with Gasteiger partial charge in [0.25, 0.3) is 5.69 Å². The topological polar surface area (TPSA) is 114 Å². The number of rotatable bonds is 6. The summed E-state index contributed by atoms with van der Waals surface area (Å²) in [4.78, 5) is 21.9. The Morgan fingerprint density at radius 1 is 1.48 bits per heavy atom. The molecule has 0 amide bonds. The highest BCUT2D eigenvalue weighted by atomic mass is 79.9. The Labute approximate surface area is 128 Å². The zero-order valence-electron chi connectivity index (χ0n) is 11.0. The fourth-order valence-corrected chi connectivity index (χ4v) is 1.55. The predicted octanol–water partition coefficient (Wildman–Crippen LogP) is 3.41. The van der Waals surface area contributed by atoms with Crippen LogP contribution in [0.5, 0.6) is 0 Å². The molecule has 0 aliphatic carbocycles. The Morgan fingerprint density at radius 3 is 2.71 bits per heavy atom. The van der Waals surface area contributed by atoms with Gasteiger partial charge in [-0.1, -0.05) is 28.1 Å². The largest absolute Gasteiger partial charge is 0.509 e. The third kappa shape index (κ3) is 4.63. The molecule has 1 rings (SSSR count). The van der Waals surface area contributed by atoms with Crippen molar-refractivity contribution < 1.29 is 19.6 Å². The Hall–Kier alpha value is -2.29. The van der Waals surface area contributed by atoms with Crippen LogP contribution in [0.3, 0.4) is 0 Å². The van der Waals surface area contributed by atoms with Crippen molar-refractivity contribution in [3.63, 3.8) is 0 Å². The molecule has 1 aromatic carbocycles. The number of benzene rings is 1. The number of nitrogens with zero attached hydrogens (tertiary/aromatic N) is 3. The van der Waals surface area contributed by atoms with Gasteiger partial charge in [0.1, 0.15) is 5.76 Å². The number of nitro benzene ring substituents is 1. The molecule has 0 unspecified atom stereocenters. The number of carbonyl (C=O) groups is 1. The molecule has 9 heteroatoms. The van der Waals surface area contributed by atoms with Gasteiger partial charge in [0.05, 0.1) is 16.9 Å². The summed E-state index contributed by atoms with van der Waals surface area (Å²) in [5, 5.41) is 27.6. The third-order valence-corrected chi connectivity index (χ3v) is 2.74. The van der Waals surface area contributed by atoms with Crippen molar-refractivity contribution in [3.05, 3.63) is 45.8 Å². The number of azo groups is 1. The smallest absolute Gasteiger partial charge is 0.362 e. The van der Waals surface area contributed by atoms with Crippen molar-refractivity contribution >= 4 is 33.3 Å². The third-order valence-electron chi connectivity index (χ3n) is 2.20. The number of aliphatic hydroxyl groups is 1. The summed E-state index contributed by atoms with van der Waals surface area (Å²) < 4.78 is 4.73. The van der Waals surface area contributed by atoms with E-state index in [0.29, 0.717) is 0 Å². The maximum absolute atomic E-state index is 11.6. The Kier molecular flexibility index (Phi) is 6.47. The predicted molar refractivity (Wildman–Crippen MR) is 77.7 cm³/mol. The first-order valence-electron chi connectivity index (χ1n) is 5.81. The van der Waals surface area contributed by atoms with Gasteiger partial charge in [-0.25, -0.2) is 4.79 Å².